The minimum Gasteiger partial charge on any atom is -0.300 e. The van der Waals surface area contributed by atoms with E-state index < -0.39 is 0 Å². The van der Waals surface area contributed by atoms with Crippen LogP contribution in [0.25, 0.3) is 0 Å². The molecule has 3 heteroatoms. The highest BCUT2D eigenvalue weighted by Gasteiger charge is 2.02. The molecule has 0 saturated carbocycles. The molecular formula is C10H14N2O. The van der Waals surface area contributed by atoms with Crippen LogP contribution in [0.2, 0.25) is 0 Å². The summed E-state index contributed by atoms with van der Waals surface area (Å²) in [6, 6.07) is 1.90. The highest BCUT2D eigenvalue weighted by atomic mass is 16.1. The fourth-order valence-electron chi connectivity index (χ4n) is 1.22. The number of hydrogen-bond acceptors (Lipinski definition) is 3. The molecular weight excluding hydrogens is 164 g/mol. The van der Waals surface area contributed by atoms with Crippen LogP contribution in [0, 0.1) is 6.92 Å². The van der Waals surface area contributed by atoms with Gasteiger partial charge in [-0.25, -0.2) is 9.97 Å². The van der Waals surface area contributed by atoms with E-state index in [4.69, 9.17) is 0 Å². The third kappa shape index (κ3) is 2.93. The van der Waals surface area contributed by atoms with Crippen molar-refractivity contribution in [1.29, 1.82) is 0 Å². The maximum atomic E-state index is 10.9. The number of aryl methyl sites for hydroxylation is 2. The van der Waals surface area contributed by atoms with E-state index >= 15 is 0 Å². The van der Waals surface area contributed by atoms with Crippen LogP contribution in [0.3, 0.4) is 0 Å². The van der Waals surface area contributed by atoms with Crippen molar-refractivity contribution < 1.29 is 4.79 Å². The van der Waals surface area contributed by atoms with Gasteiger partial charge in [0.05, 0.1) is 5.69 Å². The van der Waals surface area contributed by atoms with Crippen molar-refractivity contribution >= 4 is 5.78 Å². The molecule has 0 aromatic carbocycles. The molecule has 13 heavy (non-hydrogen) atoms. The maximum absolute atomic E-state index is 10.9. The largest absolute Gasteiger partial charge is 0.300 e. The lowest BCUT2D eigenvalue weighted by Crippen LogP contribution is -2.03. The molecule has 0 saturated heterocycles. The summed E-state index contributed by atoms with van der Waals surface area (Å²) in [5, 5.41) is 0. The average Bonchev–Trinajstić information content (AvgIpc) is 2.01. The van der Waals surface area contributed by atoms with Gasteiger partial charge in [-0.3, -0.25) is 4.79 Å². The number of Topliss-reactive ketones (excluding diaryl/α,β-unsaturated/α-hetero) is 1. The number of nitrogens with zero attached hydrogens (tertiary/aromatic N) is 2. The molecule has 70 valence electrons. The number of carbonyl (C=O) groups is 1. The van der Waals surface area contributed by atoms with Crippen molar-refractivity contribution in [2.75, 3.05) is 0 Å². The summed E-state index contributed by atoms with van der Waals surface area (Å²) in [5.41, 5.74) is 1.83. The molecule has 0 bridgehead atoms. The Morgan fingerprint density at radius 1 is 1.38 bits per heavy atom. The molecule has 0 aliphatic heterocycles. The zero-order valence-electron chi connectivity index (χ0n) is 8.29. The normalized spacial score (nSPS) is 10.1. The van der Waals surface area contributed by atoms with Gasteiger partial charge in [-0.2, -0.15) is 0 Å². The Kier molecular flexibility index (Phi) is 3.12. The topological polar surface area (TPSA) is 42.9 Å². The van der Waals surface area contributed by atoms with Crippen molar-refractivity contribution in [2.24, 2.45) is 0 Å². The van der Waals surface area contributed by atoms with Gasteiger partial charge in [0.1, 0.15) is 11.6 Å². The molecule has 0 atom stereocenters. The van der Waals surface area contributed by atoms with E-state index in [0.717, 1.165) is 23.6 Å². The highest BCUT2D eigenvalue weighted by Crippen LogP contribution is 2.03. The van der Waals surface area contributed by atoms with E-state index in [1.165, 1.54) is 0 Å². The van der Waals surface area contributed by atoms with Crippen molar-refractivity contribution in [1.82, 2.24) is 9.97 Å². The van der Waals surface area contributed by atoms with E-state index in [1.54, 1.807) is 6.92 Å². The van der Waals surface area contributed by atoms with Gasteiger partial charge in [-0.15, -0.1) is 0 Å². The molecule has 1 aromatic heterocycles. The average molecular weight is 178 g/mol. The second-order valence-corrected chi connectivity index (χ2v) is 3.13. The lowest BCUT2D eigenvalue weighted by Gasteiger charge is -2.02. The molecule has 0 N–H and O–H groups in total. The summed E-state index contributed by atoms with van der Waals surface area (Å²) in [6.07, 6.45) is 1.30. The first kappa shape index (κ1) is 9.84. The zero-order valence-corrected chi connectivity index (χ0v) is 8.29. The summed E-state index contributed by atoms with van der Waals surface area (Å²) in [4.78, 5) is 19.3. The molecule has 0 aliphatic rings. The van der Waals surface area contributed by atoms with Gasteiger partial charge in [-0.1, -0.05) is 6.92 Å². The van der Waals surface area contributed by atoms with Crippen LogP contribution in [0.4, 0.5) is 0 Å². The second kappa shape index (κ2) is 4.12. The van der Waals surface area contributed by atoms with E-state index in [0.29, 0.717) is 6.42 Å². The molecule has 1 rings (SSSR count). The summed E-state index contributed by atoms with van der Waals surface area (Å²) in [7, 11) is 0. The molecule has 1 aromatic rings. The number of hydrogen-bond donors (Lipinski definition) is 0. The number of ketones is 1. The summed E-state index contributed by atoms with van der Waals surface area (Å²) in [6.45, 7) is 5.46. The van der Waals surface area contributed by atoms with Gasteiger partial charge in [-0.05, 0) is 26.3 Å². The first-order valence-electron chi connectivity index (χ1n) is 4.44. The van der Waals surface area contributed by atoms with Crippen molar-refractivity contribution in [3.8, 4) is 0 Å². The standard InChI is InChI=1S/C10H14N2O/c1-4-9-6-10(5-7(2)13)12-8(3)11-9/h6H,4-5H2,1-3H3. The van der Waals surface area contributed by atoms with Crippen LogP contribution in [0.5, 0.6) is 0 Å². The van der Waals surface area contributed by atoms with Crippen molar-refractivity contribution in [3.63, 3.8) is 0 Å². The highest BCUT2D eigenvalue weighted by molar-refractivity contribution is 5.77. The van der Waals surface area contributed by atoms with Gasteiger partial charge in [0.15, 0.2) is 0 Å². The van der Waals surface area contributed by atoms with E-state index in [2.05, 4.69) is 9.97 Å². The van der Waals surface area contributed by atoms with Gasteiger partial charge < -0.3 is 0 Å². The quantitative estimate of drug-likeness (QED) is 0.704. The van der Waals surface area contributed by atoms with Crippen molar-refractivity contribution in [2.45, 2.75) is 33.6 Å². The van der Waals surface area contributed by atoms with Crippen LogP contribution in [-0.4, -0.2) is 15.8 Å². The Morgan fingerprint density at radius 2 is 2.00 bits per heavy atom. The Balaban J connectivity index is 2.94. The molecule has 3 nitrogen and oxygen atoms in total. The fraction of sp³-hybridized carbons (Fsp3) is 0.500. The van der Waals surface area contributed by atoms with Crippen LogP contribution in [-0.2, 0) is 17.6 Å². The van der Waals surface area contributed by atoms with E-state index in [1.807, 2.05) is 19.9 Å². The Labute approximate surface area is 78.2 Å². The maximum Gasteiger partial charge on any atom is 0.135 e. The minimum absolute atomic E-state index is 0.139. The van der Waals surface area contributed by atoms with Crippen LogP contribution in [0.15, 0.2) is 6.07 Å². The predicted molar refractivity (Wildman–Crippen MR) is 50.5 cm³/mol. The van der Waals surface area contributed by atoms with Crippen molar-refractivity contribution in [3.05, 3.63) is 23.3 Å². The lowest BCUT2D eigenvalue weighted by atomic mass is 10.2. The smallest absolute Gasteiger partial charge is 0.135 e. The van der Waals surface area contributed by atoms with Gasteiger partial charge in [0.2, 0.25) is 0 Å². The summed E-state index contributed by atoms with van der Waals surface area (Å²) >= 11 is 0. The Hall–Kier alpha value is -1.25. The molecule has 0 spiro atoms. The Morgan fingerprint density at radius 3 is 2.54 bits per heavy atom. The molecule has 0 radical (unpaired) electrons. The lowest BCUT2D eigenvalue weighted by molar-refractivity contribution is -0.116. The summed E-state index contributed by atoms with van der Waals surface area (Å²) in [5.74, 6) is 0.885. The fourth-order valence-corrected chi connectivity index (χ4v) is 1.22. The molecule has 1 heterocycles. The second-order valence-electron chi connectivity index (χ2n) is 3.13. The summed E-state index contributed by atoms with van der Waals surface area (Å²) < 4.78 is 0. The van der Waals surface area contributed by atoms with Crippen LogP contribution < -0.4 is 0 Å². The molecule has 0 unspecified atom stereocenters. The molecule has 0 fully saturated rings. The third-order valence-corrected chi connectivity index (χ3v) is 1.74. The molecule has 0 aliphatic carbocycles. The van der Waals surface area contributed by atoms with Gasteiger partial charge >= 0.3 is 0 Å². The Bertz CT molecular complexity index is 321. The molecule has 0 amide bonds. The SMILES string of the molecule is CCc1cc(CC(C)=O)nc(C)n1. The first-order chi connectivity index (χ1) is 6.11. The van der Waals surface area contributed by atoms with Crippen LogP contribution >= 0.6 is 0 Å². The number of aromatic nitrogens is 2. The van der Waals surface area contributed by atoms with Crippen LogP contribution in [0.1, 0.15) is 31.1 Å². The minimum atomic E-state index is 0.139. The van der Waals surface area contributed by atoms with E-state index in [-0.39, 0.29) is 5.78 Å². The first-order valence-corrected chi connectivity index (χ1v) is 4.44. The predicted octanol–water partition coefficient (Wildman–Crippen LogP) is 1.48. The van der Waals surface area contributed by atoms with Gasteiger partial charge in [0.25, 0.3) is 0 Å². The third-order valence-electron chi connectivity index (χ3n) is 1.74. The zero-order chi connectivity index (χ0) is 9.84. The number of carbonyl (C=O) groups excluding carboxylic acids is 1. The van der Waals surface area contributed by atoms with Gasteiger partial charge in [0, 0.05) is 12.1 Å². The van der Waals surface area contributed by atoms with E-state index in [9.17, 15) is 4.79 Å². The monoisotopic (exact) mass is 178 g/mol. The number of rotatable bonds is 3.